The van der Waals surface area contributed by atoms with Crippen LogP contribution in [-0.4, -0.2) is 25.0 Å². The number of rotatable bonds is 3. The van der Waals surface area contributed by atoms with E-state index >= 15 is 0 Å². The smallest absolute Gasteiger partial charge is 0.246 e. The molecule has 0 radical (unpaired) electrons. The predicted molar refractivity (Wildman–Crippen MR) is 58.1 cm³/mol. The van der Waals surface area contributed by atoms with Gasteiger partial charge in [-0.1, -0.05) is 13.0 Å². The van der Waals surface area contributed by atoms with E-state index in [1.54, 1.807) is 0 Å². The predicted octanol–water partition coefficient (Wildman–Crippen LogP) is 1.21. The Morgan fingerprint density at radius 3 is 2.71 bits per heavy atom. The van der Waals surface area contributed by atoms with Gasteiger partial charge >= 0.3 is 0 Å². The van der Waals surface area contributed by atoms with Crippen molar-refractivity contribution < 1.29 is 4.79 Å². The Labute approximate surface area is 86.0 Å². The van der Waals surface area contributed by atoms with Crippen molar-refractivity contribution in [3.05, 3.63) is 11.6 Å². The fourth-order valence-corrected chi connectivity index (χ4v) is 1.66. The Hall–Kier alpha value is -0.830. The maximum atomic E-state index is 11.6. The van der Waals surface area contributed by atoms with E-state index in [-0.39, 0.29) is 5.91 Å². The Bertz CT molecular complexity index is 217. The van der Waals surface area contributed by atoms with Crippen molar-refractivity contribution >= 4 is 5.91 Å². The van der Waals surface area contributed by atoms with E-state index < -0.39 is 0 Å². The highest BCUT2D eigenvalue weighted by Gasteiger charge is 2.15. The molecule has 0 spiro atoms. The van der Waals surface area contributed by atoms with Crippen molar-refractivity contribution in [2.75, 3.05) is 13.1 Å². The summed E-state index contributed by atoms with van der Waals surface area (Å²) in [5.74, 6) is 0.0961. The van der Waals surface area contributed by atoms with Gasteiger partial charge in [-0.2, -0.15) is 0 Å². The van der Waals surface area contributed by atoms with Crippen molar-refractivity contribution in [3.8, 4) is 0 Å². The molecule has 0 bridgehead atoms. The third-order valence-corrected chi connectivity index (χ3v) is 2.54. The van der Waals surface area contributed by atoms with Gasteiger partial charge in [0.1, 0.15) is 0 Å². The molecule has 80 valence electrons. The number of allylic oxidation sites excluding steroid dienone is 1. The van der Waals surface area contributed by atoms with Gasteiger partial charge in [-0.05, 0) is 39.3 Å². The fourth-order valence-electron chi connectivity index (χ4n) is 1.66. The summed E-state index contributed by atoms with van der Waals surface area (Å²) in [7, 11) is 0. The second kappa shape index (κ2) is 5.81. The summed E-state index contributed by atoms with van der Waals surface area (Å²) in [6.07, 6.45) is 4.98. The molecule has 1 saturated heterocycles. The second-order valence-electron chi connectivity index (χ2n) is 3.79. The normalized spacial score (nSPS) is 19.4. The Morgan fingerprint density at radius 2 is 2.14 bits per heavy atom. The molecule has 14 heavy (non-hydrogen) atoms. The molecule has 1 heterocycles. The minimum atomic E-state index is 0.0961. The molecule has 1 rings (SSSR count). The van der Waals surface area contributed by atoms with E-state index in [1.807, 2.05) is 19.9 Å². The SMILES string of the molecule is CC/C=C(/C)C(=O)NC1CCNCC1. The number of carbonyl (C=O) groups is 1. The van der Waals surface area contributed by atoms with E-state index in [9.17, 15) is 4.79 Å². The number of hydrogen-bond donors (Lipinski definition) is 2. The van der Waals surface area contributed by atoms with E-state index in [1.165, 1.54) is 0 Å². The molecular formula is C11H20N2O. The molecule has 0 aromatic heterocycles. The van der Waals surface area contributed by atoms with Crippen molar-refractivity contribution in [3.63, 3.8) is 0 Å². The zero-order chi connectivity index (χ0) is 10.4. The lowest BCUT2D eigenvalue weighted by Gasteiger charge is -2.23. The lowest BCUT2D eigenvalue weighted by Crippen LogP contribution is -2.42. The van der Waals surface area contributed by atoms with Gasteiger partial charge in [0.2, 0.25) is 5.91 Å². The largest absolute Gasteiger partial charge is 0.350 e. The average molecular weight is 196 g/mol. The summed E-state index contributed by atoms with van der Waals surface area (Å²) in [5, 5.41) is 6.33. The van der Waals surface area contributed by atoms with Crippen molar-refractivity contribution in [1.82, 2.24) is 10.6 Å². The van der Waals surface area contributed by atoms with Gasteiger partial charge < -0.3 is 10.6 Å². The minimum absolute atomic E-state index is 0.0961. The maximum absolute atomic E-state index is 11.6. The van der Waals surface area contributed by atoms with Gasteiger partial charge in [-0.15, -0.1) is 0 Å². The zero-order valence-corrected chi connectivity index (χ0v) is 9.10. The van der Waals surface area contributed by atoms with Crippen LogP contribution in [0.2, 0.25) is 0 Å². The van der Waals surface area contributed by atoms with Gasteiger partial charge in [0.25, 0.3) is 0 Å². The third-order valence-electron chi connectivity index (χ3n) is 2.54. The molecule has 0 atom stereocenters. The highest BCUT2D eigenvalue weighted by atomic mass is 16.1. The topological polar surface area (TPSA) is 41.1 Å². The maximum Gasteiger partial charge on any atom is 0.246 e. The molecule has 2 N–H and O–H groups in total. The molecular weight excluding hydrogens is 176 g/mol. The standard InChI is InChI=1S/C11H20N2O/c1-3-4-9(2)11(14)13-10-5-7-12-8-6-10/h4,10,12H,3,5-8H2,1-2H3,(H,13,14)/b9-4-. The Kier molecular flexibility index (Phi) is 4.66. The molecule has 0 saturated carbocycles. The summed E-state index contributed by atoms with van der Waals surface area (Å²) >= 11 is 0. The zero-order valence-electron chi connectivity index (χ0n) is 9.10. The van der Waals surface area contributed by atoms with Crippen LogP contribution < -0.4 is 10.6 Å². The Balaban J connectivity index is 2.35. The van der Waals surface area contributed by atoms with E-state index in [0.717, 1.165) is 37.9 Å². The lowest BCUT2D eigenvalue weighted by molar-refractivity contribution is -0.118. The first-order valence-electron chi connectivity index (χ1n) is 5.42. The summed E-state index contributed by atoms with van der Waals surface area (Å²) in [6.45, 7) is 5.95. The quantitative estimate of drug-likeness (QED) is 0.666. The van der Waals surface area contributed by atoms with Crippen LogP contribution in [-0.2, 0) is 4.79 Å². The van der Waals surface area contributed by atoms with E-state index in [4.69, 9.17) is 0 Å². The van der Waals surface area contributed by atoms with Crippen LogP contribution in [0.1, 0.15) is 33.1 Å². The summed E-state index contributed by atoms with van der Waals surface area (Å²) in [4.78, 5) is 11.6. The van der Waals surface area contributed by atoms with Crippen LogP contribution in [0.4, 0.5) is 0 Å². The van der Waals surface area contributed by atoms with E-state index in [2.05, 4.69) is 10.6 Å². The number of carbonyl (C=O) groups excluding carboxylic acids is 1. The molecule has 0 aliphatic carbocycles. The minimum Gasteiger partial charge on any atom is -0.350 e. The number of nitrogens with one attached hydrogen (secondary N) is 2. The molecule has 1 aliphatic heterocycles. The molecule has 0 unspecified atom stereocenters. The highest BCUT2D eigenvalue weighted by molar-refractivity contribution is 5.92. The van der Waals surface area contributed by atoms with Gasteiger partial charge in [-0.3, -0.25) is 4.79 Å². The van der Waals surface area contributed by atoms with Crippen molar-refractivity contribution in [2.24, 2.45) is 0 Å². The molecule has 3 heteroatoms. The van der Waals surface area contributed by atoms with E-state index in [0.29, 0.717) is 6.04 Å². The summed E-state index contributed by atoms with van der Waals surface area (Å²) < 4.78 is 0. The second-order valence-corrected chi connectivity index (χ2v) is 3.79. The van der Waals surface area contributed by atoms with Crippen LogP contribution in [0.5, 0.6) is 0 Å². The van der Waals surface area contributed by atoms with Crippen LogP contribution in [0.3, 0.4) is 0 Å². The van der Waals surface area contributed by atoms with Crippen LogP contribution in [0.15, 0.2) is 11.6 Å². The summed E-state index contributed by atoms with van der Waals surface area (Å²) in [5.41, 5.74) is 0.839. The van der Waals surface area contributed by atoms with Crippen molar-refractivity contribution in [1.29, 1.82) is 0 Å². The number of hydrogen-bond acceptors (Lipinski definition) is 2. The Morgan fingerprint density at radius 1 is 1.50 bits per heavy atom. The molecule has 1 fully saturated rings. The van der Waals surface area contributed by atoms with Gasteiger partial charge in [-0.25, -0.2) is 0 Å². The average Bonchev–Trinajstić information content (AvgIpc) is 2.19. The number of piperidine rings is 1. The van der Waals surface area contributed by atoms with Crippen LogP contribution in [0.25, 0.3) is 0 Å². The molecule has 0 aromatic rings. The first kappa shape index (κ1) is 11.2. The molecule has 1 amide bonds. The monoisotopic (exact) mass is 196 g/mol. The molecule has 3 nitrogen and oxygen atoms in total. The molecule has 0 aromatic carbocycles. The van der Waals surface area contributed by atoms with Gasteiger partial charge in [0.05, 0.1) is 0 Å². The van der Waals surface area contributed by atoms with Crippen molar-refractivity contribution in [2.45, 2.75) is 39.2 Å². The van der Waals surface area contributed by atoms with Gasteiger partial charge in [0, 0.05) is 11.6 Å². The van der Waals surface area contributed by atoms with Crippen LogP contribution >= 0.6 is 0 Å². The summed E-state index contributed by atoms with van der Waals surface area (Å²) in [6, 6.07) is 0.365. The fraction of sp³-hybridized carbons (Fsp3) is 0.727. The highest BCUT2D eigenvalue weighted by Crippen LogP contribution is 2.04. The first-order valence-corrected chi connectivity index (χ1v) is 5.42. The lowest BCUT2D eigenvalue weighted by atomic mass is 10.1. The van der Waals surface area contributed by atoms with Crippen LogP contribution in [0, 0.1) is 0 Å². The van der Waals surface area contributed by atoms with Gasteiger partial charge in [0.15, 0.2) is 0 Å². The number of amides is 1. The third kappa shape index (κ3) is 3.50. The molecule has 1 aliphatic rings. The first-order chi connectivity index (χ1) is 6.74.